The summed E-state index contributed by atoms with van der Waals surface area (Å²) in [5.41, 5.74) is 4.44. The van der Waals surface area contributed by atoms with Crippen molar-refractivity contribution in [3.05, 3.63) is 47.2 Å². The Balaban J connectivity index is 2.10. The Labute approximate surface area is 146 Å². The summed E-state index contributed by atoms with van der Waals surface area (Å²) in [6, 6.07) is 9.85. The molecule has 0 unspecified atom stereocenters. The zero-order chi connectivity index (χ0) is 18.0. The number of nitrogens with zero attached hydrogens (tertiary/aromatic N) is 3. The van der Waals surface area contributed by atoms with Crippen molar-refractivity contribution in [2.45, 2.75) is 13.8 Å². The molecule has 0 atom stereocenters. The highest BCUT2D eigenvalue weighted by Crippen LogP contribution is 2.28. The molecule has 1 aromatic carbocycles. The third-order valence-corrected chi connectivity index (χ3v) is 4.24. The van der Waals surface area contributed by atoms with E-state index < -0.39 is 0 Å². The second kappa shape index (κ2) is 7.03. The third-order valence-electron chi connectivity index (χ3n) is 4.24. The van der Waals surface area contributed by atoms with Gasteiger partial charge in [0.2, 0.25) is 0 Å². The zero-order valence-electron chi connectivity index (χ0n) is 15.0. The molecule has 0 aliphatic carbocycles. The topological polar surface area (TPSA) is 71.3 Å². The molecular weight excluding hydrogens is 316 g/mol. The molecule has 0 spiro atoms. The van der Waals surface area contributed by atoms with Crippen LogP contribution in [0.15, 0.2) is 34.9 Å². The van der Waals surface area contributed by atoms with Crippen molar-refractivity contribution < 1.29 is 9.32 Å². The predicted molar refractivity (Wildman–Crippen MR) is 97.6 cm³/mol. The van der Waals surface area contributed by atoms with Crippen molar-refractivity contribution in [3.63, 3.8) is 0 Å². The van der Waals surface area contributed by atoms with E-state index in [9.17, 15) is 4.79 Å². The maximum absolute atomic E-state index is 13.0. The lowest BCUT2D eigenvalue weighted by Crippen LogP contribution is -2.33. The summed E-state index contributed by atoms with van der Waals surface area (Å²) in [5, 5.41) is 7.72. The van der Waals surface area contributed by atoms with Gasteiger partial charge in [-0.3, -0.25) is 4.79 Å². The van der Waals surface area contributed by atoms with Crippen molar-refractivity contribution in [2.24, 2.45) is 0 Å². The minimum Gasteiger partial charge on any atom is -0.340 e. The van der Waals surface area contributed by atoms with Crippen molar-refractivity contribution in [3.8, 4) is 11.3 Å². The van der Waals surface area contributed by atoms with Crippen molar-refractivity contribution in [1.29, 1.82) is 0 Å². The molecule has 6 heteroatoms. The highest BCUT2D eigenvalue weighted by atomic mass is 16.5. The third kappa shape index (κ3) is 3.39. The van der Waals surface area contributed by atoms with E-state index in [4.69, 9.17) is 4.52 Å². The number of nitrogens with one attached hydrogen (secondary N) is 1. The summed E-state index contributed by atoms with van der Waals surface area (Å²) in [4.78, 5) is 19.2. The first-order chi connectivity index (χ1) is 12.0. The minimum absolute atomic E-state index is 0.0673. The molecule has 3 aromatic rings. The quantitative estimate of drug-likeness (QED) is 0.774. The van der Waals surface area contributed by atoms with Gasteiger partial charge in [-0.05, 0) is 27.0 Å². The highest BCUT2D eigenvalue weighted by molar-refractivity contribution is 6.06. The first-order valence-corrected chi connectivity index (χ1v) is 8.25. The van der Waals surface area contributed by atoms with Gasteiger partial charge in [-0.15, -0.1) is 0 Å². The molecule has 2 heterocycles. The zero-order valence-corrected chi connectivity index (χ0v) is 15.0. The van der Waals surface area contributed by atoms with Gasteiger partial charge in [0.25, 0.3) is 11.6 Å². The number of benzene rings is 1. The SMILES string of the molecule is CNCCN(C)C(=O)c1cc(-c2ccc(C)cc2)nc2onc(C)c12. The predicted octanol–water partition coefficient (Wildman–Crippen LogP) is 2.80. The number of aryl methyl sites for hydroxylation is 2. The van der Waals surface area contributed by atoms with E-state index in [2.05, 4.69) is 15.5 Å². The number of hydrogen-bond donors (Lipinski definition) is 1. The maximum Gasteiger partial charge on any atom is 0.259 e. The fraction of sp³-hybridized carbons (Fsp3) is 0.316. The largest absolute Gasteiger partial charge is 0.340 e. The van der Waals surface area contributed by atoms with Crippen LogP contribution in [-0.4, -0.2) is 48.1 Å². The van der Waals surface area contributed by atoms with E-state index in [1.165, 1.54) is 5.56 Å². The number of amides is 1. The number of hydrogen-bond acceptors (Lipinski definition) is 5. The van der Waals surface area contributed by atoms with Gasteiger partial charge in [0, 0.05) is 25.7 Å². The molecule has 0 aliphatic heterocycles. The van der Waals surface area contributed by atoms with Crippen molar-refractivity contribution in [2.75, 3.05) is 27.2 Å². The molecule has 1 N–H and O–H groups in total. The average molecular weight is 338 g/mol. The monoisotopic (exact) mass is 338 g/mol. The number of carbonyl (C=O) groups is 1. The number of aromatic nitrogens is 2. The van der Waals surface area contributed by atoms with E-state index in [0.717, 1.165) is 12.1 Å². The lowest BCUT2D eigenvalue weighted by Gasteiger charge is -2.17. The number of fused-ring (bicyclic) bond motifs is 1. The molecule has 130 valence electrons. The van der Waals surface area contributed by atoms with Gasteiger partial charge < -0.3 is 14.7 Å². The number of carbonyl (C=O) groups excluding carboxylic acids is 1. The molecule has 25 heavy (non-hydrogen) atoms. The first kappa shape index (κ1) is 17.1. The van der Waals surface area contributed by atoms with Crippen LogP contribution in [0.2, 0.25) is 0 Å². The fourth-order valence-electron chi connectivity index (χ4n) is 2.72. The van der Waals surface area contributed by atoms with Crippen molar-refractivity contribution in [1.82, 2.24) is 20.4 Å². The summed E-state index contributed by atoms with van der Waals surface area (Å²) in [6.07, 6.45) is 0. The van der Waals surface area contributed by atoms with E-state index in [0.29, 0.717) is 34.6 Å². The van der Waals surface area contributed by atoms with E-state index in [1.807, 2.05) is 51.2 Å². The van der Waals surface area contributed by atoms with Gasteiger partial charge in [-0.2, -0.15) is 0 Å². The van der Waals surface area contributed by atoms with Crippen LogP contribution in [0.25, 0.3) is 22.4 Å². The summed E-state index contributed by atoms with van der Waals surface area (Å²) in [7, 11) is 3.66. The van der Waals surface area contributed by atoms with Gasteiger partial charge in [-0.25, -0.2) is 4.98 Å². The minimum atomic E-state index is -0.0673. The molecule has 0 aliphatic rings. The van der Waals surface area contributed by atoms with Crippen LogP contribution in [0.5, 0.6) is 0 Å². The Morgan fingerprint density at radius 2 is 1.96 bits per heavy atom. The van der Waals surface area contributed by atoms with Crippen LogP contribution in [0.4, 0.5) is 0 Å². The standard InChI is InChI=1S/C19H22N4O2/c1-12-5-7-14(8-6-12)16-11-15(19(24)23(4)10-9-20-3)17-13(2)22-25-18(17)21-16/h5-8,11,20H,9-10H2,1-4H3. The number of likely N-dealkylation sites (N-methyl/N-ethyl adjacent to an activating group) is 2. The average Bonchev–Trinajstić information content (AvgIpc) is 3.00. The van der Waals surface area contributed by atoms with Gasteiger partial charge in [0.1, 0.15) is 0 Å². The molecule has 0 radical (unpaired) electrons. The van der Waals surface area contributed by atoms with Crippen LogP contribution >= 0.6 is 0 Å². The van der Waals surface area contributed by atoms with Crippen molar-refractivity contribution >= 4 is 17.0 Å². The van der Waals surface area contributed by atoms with Crippen LogP contribution in [0, 0.1) is 13.8 Å². The Kier molecular flexibility index (Phi) is 4.81. The smallest absolute Gasteiger partial charge is 0.259 e. The van der Waals surface area contributed by atoms with Gasteiger partial charge in [-0.1, -0.05) is 35.0 Å². The molecular formula is C19H22N4O2. The summed E-state index contributed by atoms with van der Waals surface area (Å²) in [6.45, 7) is 5.20. The Hall–Kier alpha value is -2.73. The maximum atomic E-state index is 13.0. The number of pyridine rings is 1. The van der Waals surface area contributed by atoms with Gasteiger partial charge in [0.15, 0.2) is 0 Å². The molecule has 0 fully saturated rings. The fourth-order valence-corrected chi connectivity index (χ4v) is 2.72. The van der Waals surface area contributed by atoms with Gasteiger partial charge >= 0.3 is 0 Å². The first-order valence-electron chi connectivity index (χ1n) is 8.25. The normalized spacial score (nSPS) is 11.0. The van der Waals surface area contributed by atoms with E-state index in [1.54, 1.807) is 11.9 Å². The Morgan fingerprint density at radius 3 is 2.64 bits per heavy atom. The van der Waals surface area contributed by atoms with Gasteiger partial charge in [0.05, 0.1) is 22.3 Å². The lowest BCUT2D eigenvalue weighted by atomic mass is 10.0. The summed E-state index contributed by atoms with van der Waals surface area (Å²) < 4.78 is 5.34. The number of rotatable bonds is 5. The second-order valence-electron chi connectivity index (χ2n) is 6.20. The molecule has 1 amide bonds. The molecule has 2 aromatic heterocycles. The second-order valence-corrected chi connectivity index (χ2v) is 6.20. The molecule has 0 saturated carbocycles. The lowest BCUT2D eigenvalue weighted by molar-refractivity contribution is 0.0798. The van der Waals surface area contributed by atoms with Crippen LogP contribution in [-0.2, 0) is 0 Å². The Morgan fingerprint density at radius 1 is 1.24 bits per heavy atom. The van der Waals surface area contributed by atoms with E-state index in [-0.39, 0.29) is 5.91 Å². The van der Waals surface area contributed by atoms with E-state index >= 15 is 0 Å². The summed E-state index contributed by atoms with van der Waals surface area (Å²) >= 11 is 0. The molecule has 0 saturated heterocycles. The summed E-state index contributed by atoms with van der Waals surface area (Å²) in [5.74, 6) is -0.0673. The molecule has 0 bridgehead atoms. The molecule has 3 rings (SSSR count). The molecule has 6 nitrogen and oxygen atoms in total. The van der Waals surface area contributed by atoms with Crippen LogP contribution < -0.4 is 5.32 Å². The van der Waals surface area contributed by atoms with Crippen LogP contribution in [0.3, 0.4) is 0 Å². The highest BCUT2D eigenvalue weighted by Gasteiger charge is 2.21. The Bertz CT molecular complexity index is 900. The van der Waals surface area contributed by atoms with Crippen LogP contribution in [0.1, 0.15) is 21.6 Å².